The number of carbonyl (C=O) groups is 1. The molecule has 22 heavy (non-hydrogen) atoms. The zero-order valence-electron chi connectivity index (χ0n) is 14.3. The maximum atomic E-state index is 12.7. The summed E-state index contributed by atoms with van der Waals surface area (Å²) < 4.78 is 5.64. The zero-order valence-corrected chi connectivity index (χ0v) is 14.3. The lowest BCUT2D eigenvalue weighted by Gasteiger charge is -2.38. The Kier molecular flexibility index (Phi) is 4.64. The van der Waals surface area contributed by atoms with E-state index in [9.17, 15) is 4.79 Å². The van der Waals surface area contributed by atoms with Crippen molar-refractivity contribution in [2.45, 2.75) is 65.1 Å². The van der Waals surface area contributed by atoms with Crippen molar-refractivity contribution in [1.29, 1.82) is 0 Å². The van der Waals surface area contributed by atoms with E-state index in [0.29, 0.717) is 6.54 Å². The summed E-state index contributed by atoms with van der Waals surface area (Å²) in [7, 11) is 0. The second kappa shape index (κ2) is 6.15. The molecule has 0 fully saturated rings. The molecule has 1 aliphatic carbocycles. The summed E-state index contributed by atoms with van der Waals surface area (Å²) in [6.07, 6.45) is 3.94. The third kappa shape index (κ3) is 4.12. The third-order valence-corrected chi connectivity index (χ3v) is 4.00. The van der Waals surface area contributed by atoms with Gasteiger partial charge in [0.05, 0.1) is 5.54 Å². The number of nitrogens with zero attached hydrogens (tertiary/aromatic N) is 1. The minimum absolute atomic E-state index is 0.246. The fourth-order valence-electron chi connectivity index (χ4n) is 2.87. The first-order chi connectivity index (χ1) is 10.2. The number of rotatable bonds is 3. The van der Waals surface area contributed by atoms with Crippen molar-refractivity contribution in [2.24, 2.45) is 0 Å². The van der Waals surface area contributed by atoms with E-state index in [0.717, 1.165) is 18.4 Å². The van der Waals surface area contributed by atoms with Gasteiger partial charge in [0.15, 0.2) is 0 Å². The van der Waals surface area contributed by atoms with Crippen LogP contribution in [0.1, 0.15) is 53.0 Å². The van der Waals surface area contributed by atoms with E-state index < -0.39 is 5.60 Å². The van der Waals surface area contributed by atoms with Crippen molar-refractivity contribution in [3.63, 3.8) is 0 Å². The van der Waals surface area contributed by atoms with Gasteiger partial charge in [-0.05, 0) is 53.0 Å². The molecule has 1 amide bonds. The summed E-state index contributed by atoms with van der Waals surface area (Å²) in [6, 6.07) is 10.1. The van der Waals surface area contributed by atoms with Crippen LogP contribution in [0.3, 0.4) is 0 Å². The average molecular weight is 301 g/mol. The van der Waals surface area contributed by atoms with Crippen LogP contribution in [0.5, 0.6) is 0 Å². The van der Waals surface area contributed by atoms with E-state index in [1.165, 1.54) is 5.57 Å². The molecule has 0 heterocycles. The Balaban J connectivity index is 2.27. The second-order valence-corrected chi connectivity index (χ2v) is 7.40. The summed E-state index contributed by atoms with van der Waals surface area (Å²) >= 11 is 0. The Morgan fingerprint density at radius 1 is 1.27 bits per heavy atom. The van der Waals surface area contributed by atoms with Crippen LogP contribution in [-0.4, -0.2) is 22.1 Å². The topological polar surface area (TPSA) is 29.5 Å². The summed E-state index contributed by atoms with van der Waals surface area (Å²) in [5, 5.41) is 0. The quantitative estimate of drug-likeness (QED) is 0.741. The van der Waals surface area contributed by atoms with Crippen LogP contribution >= 0.6 is 0 Å². The number of carbonyl (C=O) groups excluding carboxylic acids is 1. The fourth-order valence-corrected chi connectivity index (χ4v) is 2.87. The molecule has 1 aliphatic rings. The van der Waals surface area contributed by atoms with Gasteiger partial charge in [-0.3, -0.25) is 4.90 Å². The van der Waals surface area contributed by atoms with Gasteiger partial charge in [-0.2, -0.15) is 0 Å². The van der Waals surface area contributed by atoms with Crippen molar-refractivity contribution in [2.75, 3.05) is 0 Å². The molecule has 2 rings (SSSR count). The molecule has 3 heteroatoms. The van der Waals surface area contributed by atoms with Gasteiger partial charge >= 0.3 is 6.09 Å². The Hall–Kier alpha value is -1.77. The smallest absolute Gasteiger partial charge is 0.411 e. The van der Waals surface area contributed by atoms with Gasteiger partial charge in [0, 0.05) is 6.54 Å². The molecule has 0 bridgehead atoms. The number of hydrogen-bond acceptors (Lipinski definition) is 2. The molecule has 0 aliphatic heterocycles. The molecule has 0 saturated heterocycles. The molecular formula is C19H27NO2. The fraction of sp³-hybridized carbons (Fsp3) is 0.526. The van der Waals surface area contributed by atoms with Gasteiger partial charge in [-0.25, -0.2) is 4.79 Å². The van der Waals surface area contributed by atoms with Crippen LogP contribution in [0, 0.1) is 0 Å². The lowest BCUT2D eigenvalue weighted by molar-refractivity contribution is 0.00544. The van der Waals surface area contributed by atoms with Crippen molar-refractivity contribution in [3.05, 3.63) is 47.5 Å². The molecule has 0 spiro atoms. The van der Waals surface area contributed by atoms with Crippen molar-refractivity contribution >= 4 is 6.09 Å². The number of ether oxygens (including phenoxy) is 1. The van der Waals surface area contributed by atoms with Crippen LogP contribution in [0.15, 0.2) is 42.0 Å². The Morgan fingerprint density at radius 3 is 2.41 bits per heavy atom. The highest BCUT2D eigenvalue weighted by Crippen LogP contribution is 2.35. The number of hydrogen-bond donors (Lipinski definition) is 0. The second-order valence-electron chi connectivity index (χ2n) is 7.40. The standard InChI is InChI=1S/C19H27NO2/c1-15-11-12-19(5,13-15)20(17(21)22-18(2,3)4)14-16-9-7-6-8-10-16/h6-10,13H,11-12,14H2,1-5H3/t19-/m0/s1. The van der Waals surface area contributed by atoms with Gasteiger partial charge in [-0.15, -0.1) is 0 Å². The van der Waals surface area contributed by atoms with E-state index in [1.807, 2.05) is 56.0 Å². The molecule has 120 valence electrons. The number of allylic oxidation sites excluding steroid dienone is 1. The molecule has 1 aromatic carbocycles. The predicted molar refractivity (Wildman–Crippen MR) is 89.6 cm³/mol. The van der Waals surface area contributed by atoms with Gasteiger partial charge in [0.2, 0.25) is 0 Å². The Bertz CT molecular complexity index is 557. The highest BCUT2D eigenvalue weighted by molar-refractivity contribution is 5.70. The lowest BCUT2D eigenvalue weighted by Crippen LogP contribution is -2.48. The average Bonchev–Trinajstić information content (AvgIpc) is 2.76. The highest BCUT2D eigenvalue weighted by Gasteiger charge is 2.38. The van der Waals surface area contributed by atoms with Crippen molar-refractivity contribution in [3.8, 4) is 0 Å². The Labute approximate surface area is 134 Å². The molecule has 3 nitrogen and oxygen atoms in total. The SMILES string of the molecule is CC1=C[C@@](C)(N(Cc2ccccc2)C(=O)OC(C)(C)C)CC1. The van der Waals surface area contributed by atoms with E-state index in [2.05, 4.69) is 19.9 Å². The predicted octanol–water partition coefficient (Wildman–Crippen LogP) is 4.92. The summed E-state index contributed by atoms with van der Waals surface area (Å²) in [5.41, 5.74) is 1.69. The van der Waals surface area contributed by atoms with Gasteiger partial charge in [-0.1, -0.05) is 42.0 Å². The maximum Gasteiger partial charge on any atom is 0.411 e. The normalized spacial score (nSPS) is 21.4. The van der Waals surface area contributed by atoms with Gasteiger partial charge in [0.1, 0.15) is 5.60 Å². The van der Waals surface area contributed by atoms with Crippen LogP contribution in [0.25, 0.3) is 0 Å². The van der Waals surface area contributed by atoms with Crippen LogP contribution in [-0.2, 0) is 11.3 Å². The van der Waals surface area contributed by atoms with Crippen LogP contribution in [0.4, 0.5) is 4.79 Å². The van der Waals surface area contributed by atoms with Crippen LogP contribution in [0.2, 0.25) is 0 Å². The minimum atomic E-state index is -0.486. The monoisotopic (exact) mass is 301 g/mol. The van der Waals surface area contributed by atoms with E-state index in [-0.39, 0.29) is 11.6 Å². The largest absolute Gasteiger partial charge is 0.444 e. The van der Waals surface area contributed by atoms with E-state index in [4.69, 9.17) is 4.74 Å². The first-order valence-electron chi connectivity index (χ1n) is 7.92. The first kappa shape index (κ1) is 16.6. The lowest BCUT2D eigenvalue weighted by atomic mass is 9.98. The molecule has 0 saturated carbocycles. The summed E-state index contributed by atoms with van der Waals surface area (Å²) in [4.78, 5) is 14.6. The van der Waals surface area contributed by atoms with Crippen molar-refractivity contribution < 1.29 is 9.53 Å². The molecule has 0 unspecified atom stereocenters. The van der Waals surface area contributed by atoms with Gasteiger partial charge in [0.25, 0.3) is 0 Å². The molecule has 1 atom stereocenters. The molecule has 0 aromatic heterocycles. The molecule has 0 N–H and O–H groups in total. The van der Waals surface area contributed by atoms with E-state index in [1.54, 1.807) is 0 Å². The third-order valence-electron chi connectivity index (χ3n) is 4.00. The number of benzene rings is 1. The molecule has 0 radical (unpaired) electrons. The summed E-state index contributed by atoms with van der Waals surface area (Å²) in [6.45, 7) is 10.5. The molecular weight excluding hydrogens is 274 g/mol. The van der Waals surface area contributed by atoms with Crippen LogP contribution < -0.4 is 0 Å². The Morgan fingerprint density at radius 2 is 1.91 bits per heavy atom. The molecule has 1 aromatic rings. The van der Waals surface area contributed by atoms with E-state index >= 15 is 0 Å². The first-order valence-corrected chi connectivity index (χ1v) is 7.92. The maximum absolute atomic E-state index is 12.7. The minimum Gasteiger partial charge on any atom is -0.444 e. The van der Waals surface area contributed by atoms with Crippen molar-refractivity contribution in [1.82, 2.24) is 4.90 Å². The summed E-state index contributed by atoms with van der Waals surface area (Å²) in [5.74, 6) is 0. The van der Waals surface area contributed by atoms with Gasteiger partial charge < -0.3 is 4.74 Å². The zero-order chi connectivity index (χ0) is 16.4. The highest BCUT2D eigenvalue weighted by atomic mass is 16.6. The number of amides is 1.